The molecule has 0 bridgehead atoms. The Bertz CT molecular complexity index is 747. The standard InChI is InChI=1S/C18H22FN3O3/c1-22-16(6-7-21-22)17-14(3-2-8-25-17)18(24)20-10-12-4-5-13(11-23)15(19)9-12/h4-7,9,14,17,23H,2-3,8,10-11H2,1H3,(H,20,24)/t14-,17-/m1/s1. The van der Waals surface area contributed by atoms with Gasteiger partial charge in [-0.3, -0.25) is 9.48 Å². The van der Waals surface area contributed by atoms with Gasteiger partial charge in [0.2, 0.25) is 5.91 Å². The fourth-order valence-electron chi connectivity index (χ4n) is 3.15. The van der Waals surface area contributed by atoms with Crippen molar-refractivity contribution in [2.75, 3.05) is 6.61 Å². The quantitative estimate of drug-likeness (QED) is 0.865. The lowest BCUT2D eigenvalue weighted by Crippen LogP contribution is -2.37. The Morgan fingerprint density at radius 1 is 1.48 bits per heavy atom. The van der Waals surface area contributed by atoms with Crippen molar-refractivity contribution >= 4 is 5.91 Å². The van der Waals surface area contributed by atoms with E-state index in [4.69, 9.17) is 9.84 Å². The van der Waals surface area contributed by atoms with E-state index in [0.29, 0.717) is 12.2 Å². The van der Waals surface area contributed by atoms with Crippen molar-refractivity contribution in [1.29, 1.82) is 0 Å². The number of nitrogens with one attached hydrogen (secondary N) is 1. The van der Waals surface area contributed by atoms with E-state index in [-0.39, 0.29) is 36.6 Å². The van der Waals surface area contributed by atoms with Gasteiger partial charge in [-0.25, -0.2) is 4.39 Å². The van der Waals surface area contributed by atoms with Crippen LogP contribution in [-0.2, 0) is 29.7 Å². The summed E-state index contributed by atoms with van der Waals surface area (Å²) in [6.07, 6.45) is 2.93. The van der Waals surface area contributed by atoms with Gasteiger partial charge in [0, 0.05) is 32.0 Å². The van der Waals surface area contributed by atoms with Crippen LogP contribution in [0.5, 0.6) is 0 Å². The molecule has 2 heterocycles. The van der Waals surface area contributed by atoms with Gasteiger partial charge in [-0.1, -0.05) is 12.1 Å². The summed E-state index contributed by atoms with van der Waals surface area (Å²) in [5, 5.41) is 16.0. The third-order valence-electron chi connectivity index (χ3n) is 4.56. The summed E-state index contributed by atoms with van der Waals surface area (Å²) >= 11 is 0. The summed E-state index contributed by atoms with van der Waals surface area (Å²) < 4.78 is 21.3. The second-order valence-electron chi connectivity index (χ2n) is 6.22. The lowest BCUT2D eigenvalue weighted by atomic mass is 9.91. The molecular formula is C18H22FN3O3. The van der Waals surface area contributed by atoms with Gasteiger partial charge in [0.15, 0.2) is 0 Å². The van der Waals surface area contributed by atoms with E-state index >= 15 is 0 Å². The zero-order chi connectivity index (χ0) is 17.8. The smallest absolute Gasteiger partial charge is 0.226 e. The average molecular weight is 347 g/mol. The number of rotatable bonds is 5. The fraction of sp³-hybridized carbons (Fsp3) is 0.444. The number of nitrogens with zero attached hydrogens (tertiary/aromatic N) is 2. The fourth-order valence-corrected chi connectivity index (χ4v) is 3.15. The summed E-state index contributed by atoms with van der Waals surface area (Å²) in [4.78, 5) is 12.6. The van der Waals surface area contributed by atoms with Gasteiger partial charge in [-0.05, 0) is 30.5 Å². The number of halogens is 1. The molecule has 25 heavy (non-hydrogen) atoms. The highest BCUT2D eigenvalue weighted by Crippen LogP contribution is 2.33. The molecule has 1 amide bonds. The molecule has 1 saturated heterocycles. The van der Waals surface area contributed by atoms with Gasteiger partial charge in [0.05, 0.1) is 18.2 Å². The number of aliphatic hydroxyl groups excluding tert-OH is 1. The van der Waals surface area contributed by atoms with Crippen LogP contribution in [0.1, 0.15) is 35.8 Å². The topological polar surface area (TPSA) is 76.4 Å². The highest BCUT2D eigenvalue weighted by Gasteiger charge is 2.34. The number of carbonyl (C=O) groups excluding carboxylic acids is 1. The molecule has 1 aromatic heterocycles. The van der Waals surface area contributed by atoms with Crippen LogP contribution < -0.4 is 5.32 Å². The molecule has 0 unspecified atom stereocenters. The molecule has 2 atom stereocenters. The molecule has 0 spiro atoms. The number of amides is 1. The minimum absolute atomic E-state index is 0.113. The van der Waals surface area contributed by atoms with Gasteiger partial charge in [-0.2, -0.15) is 5.10 Å². The van der Waals surface area contributed by atoms with E-state index in [1.54, 1.807) is 16.9 Å². The number of hydrogen-bond acceptors (Lipinski definition) is 4. The van der Waals surface area contributed by atoms with Crippen molar-refractivity contribution < 1.29 is 19.0 Å². The number of aromatic nitrogens is 2. The number of ether oxygens (including phenoxy) is 1. The normalized spacial score (nSPS) is 20.4. The molecule has 1 aromatic carbocycles. The summed E-state index contributed by atoms with van der Waals surface area (Å²) in [5.41, 5.74) is 1.77. The molecule has 2 aromatic rings. The minimum Gasteiger partial charge on any atom is -0.392 e. The number of aliphatic hydroxyl groups is 1. The molecule has 3 rings (SSSR count). The van der Waals surface area contributed by atoms with Gasteiger partial charge < -0.3 is 15.2 Å². The molecule has 1 aliphatic rings. The van der Waals surface area contributed by atoms with E-state index in [0.717, 1.165) is 18.5 Å². The van der Waals surface area contributed by atoms with E-state index in [1.165, 1.54) is 12.1 Å². The second kappa shape index (κ2) is 7.76. The molecule has 1 fully saturated rings. The van der Waals surface area contributed by atoms with Crippen LogP contribution in [0.15, 0.2) is 30.5 Å². The predicted octanol–water partition coefficient (Wildman–Crippen LogP) is 1.84. The Morgan fingerprint density at radius 2 is 2.32 bits per heavy atom. The number of aryl methyl sites for hydroxylation is 1. The predicted molar refractivity (Wildman–Crippen MR) is 88.8 cm³/mol. The van der Waals surface area contributed by atoms with Crippen molar-refractivity contribution in [3.63, 3.8) is 0 Å². The maximum Gasteiger partial charge on any atom is 0.226 e. The van der Waals surface area contributed by atoms with Crippen LogP contribution in [-0.4, -0.2) is 27.4 Å². The molecule has 6 nitrogen and oxygen atoms in total. The lowest BCUT2D eigenvalue weighted by Gasteiger charge is -2.30. The lowest BCUT2D eigenvalue weighted by molar-refractivity contribution is -0.135. The first-order chi connectivity index (χ1) is 12.1. The molecule has 134 valence electrons. The van der Waals surface area contributed by atoms with Crippen LogP contribution in [0.2, 0.25) is 0 Å². The maximum absolute atomic E-state index is 13.7. The summed E-state index contributed by atoms with van der Waals surface area (Å²) in [5.74, 6) is -0.883. The number of carbonyl (C=O) groups is 1. The first-order valence-corrected chi connectivity index (χ1v) is 8.35. The molecule has 1 aliphatic heterocycles. The van der Waals surface area contributed by atoms with Gasteiger partial charge in [-0.15, -0.1) is 0 Å². The largest absolute Gasteiger partial charge is 0.392 e. The van der Waals surface area contributed by atoms with E-state index < -0.39 is 5.82 Å². The molecule has 2 N–H and O–H groups in total. The molecule has 0 saturated carbocycles. The molecule has 0 aliphatic carbocycles. The molecular weight excluding hydrogens is 325 g/mol. The zero-order valence-corrected chi connectivity index (χ0v) is 14.1. The Kier molecular flexibility index (Phi) is 5.45. The SMILES string of the molecule is Cn1nccc1[C@@H]1OCCC[C@H]1C(=O)NCc1ccc(CO)c(F)c1. The van der Waals surface area contributed by atoms with Gasteiger partial charge >= 0.3 is 0 Å². The van der Waals surface area contributed by atoms with Crippen LogP contribution in [0.25, 0.3) is 0 Å². The third kappa shape index (κ3) is 3.88. The summed E-state index contributed by atoms with van der Waals surface area (Å²) in [6.45, 7) is 0.508. The maximum atomic E-state index is 13.7. The Morgan fingerprint density at radius 3 is 3.00 bits per heavy atom. The van der Waals surface area contributed by atoms with Gasteiger partial charge in [0.1, 0.15) is 11.9 Å². The molecule has 0 radical (unpaired) electrons. The van der Waals surface area contributed by atoms with E-state index in [1.807, 2.05) is 13.1 Å². The zero-order valence-electron chi connectivity index (χ0n) is 14.1. The van der Waals surface area contributed by atoms with Crippen molar-refractivity contribution in [2.45, 2.75) is 32.1 Å². The second-order valence-corrected chi connectivity index (χ2v) is 6.22. The van der Waals surface area contributed by atoms with Crippen molar-refractivity contribution in [1.82, 2.24) is 15.1 Å². The van der Waals surface area contributed by atoms with Crippen LogP contribution in [0.4, 0.5) is 4.39 Å². The Labute approximate surface area is 145 Å². The first kappa shape index (κ1) is 17.6. The summed E-state index contributed by atoms with van der Waals surface area (Å²) in [6, 6.07) is 6.42. The van der Waals surface area contributed by atoms with Crippen LogP contribution in [0.3, 0.4) is 0 Å². The van der Waals surface area contributed by atoms with Crippen molar-refractivity contribution in [3.8, 4) is 0 Å². The van der Waals surface area contributed by atoms with Crippen molar-refractivity contribution in [3.05, 3.63) is 53.1 Å². The van der Waals surface area contributed by atoms with E-state index in [2.05, 4.69) is 10.4 Å². The number of hydrogen-bond donors (Lipinski definition) is 2. The molecule has 7 heteroatoms. The first-order valence-electron chi connectivity index (χ1n) is 8.35. The summed E-state index contributed by atoms with van der Waals surface area (Å²) in [7, 11) is 1.83. The highest BCUT2D eigenvalue weighted by molar-refractivity contribution is 5.79. The van der Waals surface area contributed by atoms with Crippen molar-refractivity contribution in [2.24, 2.45) is 13.0 Å². The minimum atomic E-state index is -0.469. The van der Waals surface area contributed by atoms with E-state index in [9.17, 15) is 9.18 Å². The third-order valence-corrected chi connectivity index (χ3v) is 4.56. The Balaban J connectivity index is 1.67. The van der Waals surface area contributed by atoms with Gasteiger partial charge in [0.25, 0.3) is 0 Å². The monoisotopic (exact) mass is 347 g/mol. The number of benzene rings is 1. The average Bonchev–Trinajstić information content (AvgIpc) is 3.05. The van der Waals surface area contributed by atoms with Crippen LogP contribution >= 0.6 is 0 Å². The Hall–Kier alpha value is -2.25. The highest BCUT2D eigenvalue weighted by atomic mass is 19.1. The van der Waals surface area contributed by atoms with Crippen LogP contribution in [0, 0.1) is 11.7 Å².